The molecule has 0 aliphatic carbocycles. The van der Waals surface area contributed by atoms with Crippen molar-refractivity contribution in [3.8, 4) is 0 Å². The minimum atomic E-state index is -0.381. The monoisotopic (exact) mass is 229 g/mol. The van der Waals surface area contributed by atoms with Crippen LogP contribution in [0.1, 0.15) is 60.8 Å². The zero-order valence-corrected chi connectivity index (χ0v) is 11.7. The van der Waals surface area contributed by atoms with Gasteiger partial charge in [0.05, 0.1) is 0 Å². The number of likely N-dealkylation sites (tertiary alicyclic amines) is 1. The standard InChI is InChI=1S/C11H21NO2.C2H6/c1-9-7-5-6-8-12(9)10(13)14-11(2,3)4;1-2/h9H,5-8H2,1-4H3;1-2H3. The summed E-state index contributed by atoms with van der Waals surface area (Å²) < 4.78 is 5.33. The second-order valence-corrected chi connectivity index (χ2v) is 5.02. The van der Waals surface area contributed by atoms with Gasteiger partial charge >= 0.3 is 6.09 Å². The van der Waals surface area contributed by atoms with Gasteiger partial charge in [-0.1, -0.05) is 13.8 Å². The number of hydrogen-bond acceptors (Lipinski definition) is 2. The lowest BCUT2D eigenvalue weighted by molar-refractivity contribution is 0.0121. The highest BCUT2D eigenvalue weighted by molar-refractivity contribution is 5.68. The summed E-state index contributed by atoms with van der Waals surface area (Å²) in [6, 6.07) is 0.332. The molecule has 0 aromatic heterocycles. The van der Waals surface area contributed by atoms with E-state index < -0.39 is 0 Å². The molecular weight excluding hydrogens is 202 g/mol. The smallest absolute Gasteiger partial charge is 0.410 e. The molecule has 1 unspecified atom stereocenters. The van der Waals surface area contributed by atoms with Gasteiger partial charge in [0, 0.05) is 12.6 Å². The first kappa shape index (κ1) is 15.3. The lowest BCUT2D eigenvalue weighted by Gasteiger charge is -2.34. The summed E-state index contributed by atoms with van der Waals surface area (Å²) in [6.07, 6.45) is 3.26. The second-order valence-electron chi connectivity index (χ2n) is 5.02. The first-order valence-electron chi connectivity index (χ1n) is 6.40. The number of rotatable bonds is 0. The molecule has 3 heteroatoms. The number of nitrogens with zero attached hydrogens (tertiary/aromatic N) is 1. The Morgan fingerprint density at radius 1 is 1.25 bits per heavy atom. The molecule has 0 bridgehead atoms. The van der Waals surface area contributed by atoms with Crippen molar-refractivity contribution in [2.24, 2.45) is 0 Å². The highest BCUT2D eigenvalue weighted by Crippen LogP contribution is 2.19. The second kappa shape index (κ2) is 6.77. The molecule has 1 amide bonds. The Kier molecular flexibility index (Phi) is 6.46. The van der Waals surface area contributed by atoms with E-state index in [9.17, 15) is 4.79 Å². The van der Waals surface area contributed by atoms with Gasteiger partial charge in [0.15, 0.2) is 0 Å². The highest BCUT2D eigenvalue weighted by atomic mass is 16.6. The molecule has 1 aliphatic heterocycles. The van der Waals surface area contributed by atoms with E-state index in [1.165, 1.54) is 6.42 Å². The molecule has 0 radical (unpaired) electrons. The Morgan fingerprint density at radius 2 is 1.81 bits per heavy atom. The first-order valence-corrected chi connectivity index (χ1v) is 6.40. The Morgan fingerprint density at radius 3 is 2.25 bits per heavy atom. The van der Waals surface area contributed by atoms with Gasteiger partial charge in [-0.25, -0.2) is 4.79 Å². The molecule has 1 aliphatic rings. The summed E-state index contributed by atoms with van der Waals surface area (Å²) in [5, 5.41) is 0. The minimum Gasteiger partial charge on any atom is -0.444 e. The first-order chi connectivity index (χ1) is 7.40. The third-order valence-corrected chi connectivity index (χ3v) is 2.43. The molecule has 0 spiro atoms. The van der Waals surface area contributed by atoms with Gasteiger partial charge in [-0.15, -0.1) is 0 Å². The van der Waals surface area contributed by atoms with Crippen LogP contribution < -0.4 is 0 Å². The van der Waals surface area contributed by atoms with Crippen molar-refractivity contribution in [3.63, 3.8) is 0 Å². The largest absolute Gasteiger partial charge is 0.444 e. The van der Waals surface area contributed by atoms with Gasteiger partial charge < -0.3 is 9.64 Å². The van der Waals surface area contributed by atoms with Crippen molar-refractivity contribution in [2.75, 3.05) is 6.54 Å². The van der Waals surface area contributed by atoms with Crippen molar-refractivity contribution in [3.05, 3.63) is 0 Å². The molecule has 16 heavy (non-hydrogen) atoms. The molecule has 1 heterocycles. The Balaban J connectivity index is 0.00000106. The highest BCUT2D eigenvalue weighted by Gasteiger charge is 2.27. The summed E-state index contributed by atoms with van der Waals surface area (Å²) >= 11 is 0. The van der Waals surface area contributed by atoms with Crippen LogP contribution in [0.5, 0.6) is 0 Å². The van der Waals surface area contributed by atoms with Crippen LogP contribution in [0.25, 0.3) is 0 Å². The normalized spacial score (nSPS) is 20.9. The van der Waals surface area contributed by atoms with E-state index in [1.54, 1.807) is 0 Å². The van der Waals surface area contributed by atoms with Crippen molar-refractivity contribution >= 4 is 6.09 Å². The fourth-order valence-electron chi connectivity index (χ4n) is 1.69. The van der Waals surface area contributed by atoms with Crippen LogP contribution >= 0.6 is 0 Å². The number of amides is 1. The summed E-state index contributed by atoms with van der Waals surface area (Å²) in [5.74, 6) is 0. The van der Waals surface area contributed by atoms with Gasteiger partial charge in [-0.05, 0) is 47.0 Å². The van der Waals surface area contributed by atoms with Gasteiger partial charge in [0.1, 0.15) is 5.60 Å². The van der Waals surface area contributed by atoms with Gasteiger partial charge in [-0.2, -0.15) is 0 Å². The number of piperidine rings is 1. The summed E-state index contributed by atoms with van der Waals surface area (Å²) in [7, 11) is 0. The van der Waals surface area contributed by atoms with E-state index in [4.69, 9.17) is 4.74 Å². The maximum Gasteiger partial charge on any atom is 0.410 e. The summed E-state index contributed by atoms with van der Waals surface area (Å²) in [6.45, 7) is 12.6. The lowest BCUT2D eigenvalue weighted by atomic mass is 10.0. The third kappa shape index (κ3) is 5.38. The number of hydrogen-bond donors (Lipinski definition) is 0. The van der Waals surface area contributed by atoms with Crippen molar-refractivity contribution in [1.82, 2.24) is 4.90 Å². The molecule has 0 aromatic carbocycles. The summed E-state index contributed by atoms with van der Waals surface area (Å²) in [4.78, 5) is 13.6. The predicted molar refractivity (Wildman–Crippen MR) is 67.6 cm³/mol. The Hall–Kier alpha value is -0.730. The van der Waals surface area contributed by atoms with E-state index in [0.717, 1.165) is 19.4 Å². The molecule has 1 fully saturated rings. The fourth-order valence-corrected chi connectivity index (χ4v) is 1.69. The fraction of sp³-hybridized carbons (Fsp3) is 0.923. The number of carbonyl (C=O) groups excluding carboxylic acids is 1. The average Bonchev–Trinajstić information content (AvgIpc) is 2.18. The number of carbonyl (C=O) groups is 1. The molecule has 1 atom stereocenters. The van der Waals surface area contributed by atoms with E-state index in [-0.39, 0.29) is 11.7 Å². The molecule has 0 saturated carbocycles. The zero-order chi connectivity index (χ0) is 12.8. The third-order valence-electron chi connectivity index (χ3n) is 2.43. The minimum absolute atomic E-state index is 0.162. The Bertz CT molecular complexity index is 208. The molecule has 3 nitrogen and oxygen atoms in total. The van der Waals surface area contributed by atoms with Crippen LogP contribution in [-0.4, -0.2) is 29.2 Å². The zero-order valence-electron chi connectivity index (χ0n) is 11.7. The quantitative estimate of drug-likeness (QED) is 0.632. The van der Waals surface area contributed by atoms with E-state index in [1.807, 2.05) is 39.5 Å². The van der Waals surface area contributed by atoms with Crippen LogP contribution in [0.2, 0.25) is 0 Å². The van der Waals surface area contributed by atoms with Crippen LogP contribution in [0.3, 0.4) is 0 Å². The SMILES string of the molecule is CC.CC1CCCCN1C(=O)OC(C)(C)C. The van der Waals surface area contributed by atoms with Crippen molar-refractivity contribution < 1.29 is 9.53 Å². The summed E-state index contributed by atoms with van der Waals surface area (Å²) in [5.41, 5.74) is -0.381. The van der Waals surface area contributed by atoms with E-state index in [0.29, 0.717) is 6.04 Å². The predicted octanol–water partition coefficient (Wildman–Crippen LogP) is 3.82. The topological polar surface area (TPSA) is 29.5 Å². The molecule has 0 N–H and O–H groups in total. The van der Waals surface area contributed by atoms with Crippen LogP contribution in [-0.2, 0) is 4.74 Å². The molecule has 1 saturated heterocycles. The Labute approximate surface area is 100 Å². The van der Waals surface area contributed by atoms with Crippen molar-refractivity contribution in [1.29, 1.82) is 0 Å². The van der Waals surface area contributed by atoms with Crippen LogP contribution in [0, 0.1) is 0 Å². The number of ether oxygens (including phenoxy) is 1. The molecule has 0 aromatic rings. The van der Waals surface area contributed by atoms with Crippen LogP contribution in [0.15, 0.2) is 0 Å². The average molecular weight is 229 g/mol. The van der Waals surface area contributed by atoms with Gasteiger partial charge in [0.2, 0.25) is 0 Å². The molecule has 96 valence electrons. The maximum absolute atomic E-state index is 11.7. The maximum atomic E-state index is 11.7. The molecule has 1 rings (SSSR count). The van der Waals surface area contributed by atoms with Gasteiger partial charge in [0.25, 0.3) is 0 Å². The van der Waals surface area contributed by atoms with E-state index in [2.05, 4.69) is 6.92 Å². The van der Waals surface area contributed by atoms with Crippen LogP contribution in [0.4, 0.5) is 4.79 Å². The van der Waals surface area contributed by atoms with Crippen molar-refractivity contribution in [2.45, 2.75) is 72.4 Å². The van der Waals surface area contributed by atoms with E-state index >= 15 is 0 Å². The molecular formula is C13H27NO2. The lowest BCUT2D eigenvalue weighted by Crippen LogP contribution is -2.44. The van der Waals surface area contributed by atoms with Gasteiger partial charge in [-0.3, -0.25) is 0 Å².